The minimum Gasteiger partial charge on any atom is -0.473 e. The predicted molar refractivity (Wildman–Crippen MR) is 81.4 cm³/mol. The van der Waals surface area contributed by atoms with Crippen molar-refractivity contribution in [1.82, 2.24) is 4.98 Å². The van der Waals surface area contributed by atoms with Crippen molar-refractivity contribution in [2.24, 2.45) is 0 Å². The van der Waals surface area contributed by atoms with Crippen LogP contribution < -0.4 is 10.1 Å². The van der Waals surface area contributed by atoms with E-state index < -0.39 is 0 Å². The maximum Gasteiger partial charge on any atom is 0.237 e. The first kappa shape index (κ1) is 14.8. The van der Waals surface area contributed by atoms with Crippen molar-refractivity contribution in [3.05, 3.63) is 52.4 Å². The van der Waals surface area contributed by atoms with Crippen LogP contribution >= 0.6 is 15.9 Å². The predicted octanol–water partition coefficient (Wildman–Crippen LogP) is 4.38. The topological polar surface area (TPSA) is 34.1 Å². The third-order valence-electron chi connectivity index (χ3n) is 2.52. The Morgan fingerprint density at radius 3 is 2.85 bits per heavy atom. The summed E-state index contributed by atoms with van der Waals surface area (Å²) in [6.45, 7) is 4.39. The highest BCUT2D eigenvalue weighted by atomic mass is 79.9. The maximum atomic E-state index is 13.3. The smallest absolute Gasteiger partial charge is 0.237 e. The van der Waals surface area contributed by atoms with Gasteiger partial charge in [-0.25, -0.2) is 9.37 Å². The lowest BCUT2D eigenvalue weighted by Gasteiger charge is -2.14. The van der Waals surface area contributed by atoms with Crippen LogP contribution in [-0.2, 0) is 6.54 Å². The van der Waals surface area contributed by atoms with Crippen LogP contribution in [0, 0.1) is 5.82 Å². The van der Waals surface area contributed by atoms with E-state index in [9.17, 15) is 4.39 Å². The molecule has 1 aromatic heterocycles. The van der Waals surface area contributed by atoms with Crippen LogP contribution in [0.2, 0.25) is 0 Å². The second-order valence-electron chi connectivity index (χ2n) is 4.65. The number of anilines is 1. The van der Waals surface area contributed by atoms with E-state index in [0.29, 0.717) is 12.4 Å². The molecule has 0 aliphatic heterocycles. The van der Waals surface area contributed by atoms with Gasteiger partial charge in [0.2, 0.25) is 5.88 Å². The molecule has 0 fully saturated rings. The third kappa shape index (κ3) is 4.20. The summed E-state index contributed by atoms with van der Waals surface area (Å²) in [6.07, 6.45) is 1.73. The minimum absolute atomic E-state index is 0.0498. The molecule has 0 bridgehead atoms. The highest BCUT2D eigenvalue weighted by molar-refractivity contribution is 9.10. The monoisotopic (exact) mass is 338 g/mol. The molecule has 20 heavy (non-hydrogen) atoms. The van der Waals surface area contributed by atoms with Gasteiger partial charge in [0.15, 0.2) is 0 Å². The van der Waals surface area contributed by atoms with E-state index in [2.05, 4.69) is 26.2 Å². The quantitative estimate of drug-likeness (QED) is 0.878. The molecule has 106 valence electrons. The molecule has 0 saturated heterocycles. The SMILES string of the molecule is CC(C)Oc1ncccc1NCc1cc(F)cc(Br)c1. The number of ether oxygens (including phenoxy) is 1. The summed E-state index contributed by atoms with van der Waals surface area (Å²) in [5.41, 5.74) is 1.64. The van der Waals surface area contributed by atoms with Crippen LogP contribution in [0.15, 0.2) is 41.0 Å². The van der Waals surface area contributed by atoms with E-state index in [1.54, 1.807) is 6.20 Å². The average Bonchev–Trinajstić information content (AvgIpc) is 2.36. The van der Waals surface area contributed by atoms with Crippen LogP contribution in [0.3, 0.4) is 0 Å². The van der Waals surface area contributed by atoms with Crippen molar-refractivity contribution in [3.63, 3.8) is 0 Å². The zero-order chi connectivity index (χ0) is 14.5. The van der Waals surface area contributed by atoms with Crippen molar-refractivity contribution in [3.8, 4) is 5.88 Å². The summed E-state index contributed by atoms with van der Waals surface area (Å²) in [5.74, 6) is 0.291. The van der Waals surface area contributed by atoms with Gasteiger partial charge in [-0.1, -0.05) is 15.9 Å². The summed E-state index contributed by atoms with van der Waals surface area (Å²) in [4.78, 5) is 4.20. The fraction of sp³-hybridized carbons (Fsp3) is 0.267. The molecule has 0 aliphatic rings. The molecule has 2 rings (SSSR count). The molecule has 0 spiro atoms. The van der Waals surface area contributed by atoms with Gasteiger partial charge < -0.3 is 10.1 Å². The molecule has 5 heteroatoms. The molecule has 1 N–H and O–H groups in total. The fourth-order valence-electron chi connectivity index (χ4n) is 1.75. The Morgan fingerprint density at radius 1 is 1.35 bits per heavy atom. The third-order valence-corrected chi connectivity index (χ3v) is 2.98. The van der Waals surface area contributed by atoms with Crippen LogP contribution in [0.25, 0.3) is 0 Å². The van der Waals surface area contributed by atoms with Gasteiger partial charge in [0.25, 0.3) is 0 Å². The second-order valence-corrected chi connectivity index (χ2v) is 5.57. The van der Waals surface area contributed by atoms with Crippen molar-refractivity contribution in [2.45, 2.75) is 26.5 Å². The molecular formula is C15H16BrFN2O. The van der Waals surface area contributed by atoms with E-state index >= 15 is 0 Å². The van der Waals surface area contributed by atoms with Crippen molar-refractivity contribution in [1.29, 1.82) is 0 Å². The number of halogens is 2. The van der Waals surface area contributed by atoms with E-state index in [-0.39, 0.29) is 11.9 Å². The van der Waals surface area contributed by atoms with Crippen LogP contribution in [0.5, 0.6) is 5.88 Å². The average molecular weight is 339 g/mol. The number of nitrogens with one attached hydrogen (secondary N) is 1. The minimum atomic E-state index is -0.263. The van der Waals surface area contributed by atoms with Gasteiger partial charge in [0, 0.05) is 17.2 Å². The molecular weight excluding hydrogens is 323 g/mol. The molecule has 0 unspecified atom stereocenters. The first-order chi connectivity index (χ1) is 9.54. The van der Waals surface area contributed by atoms with E-state index in [1.807, 2.05) is 32.0 Å². The number of pyridine rings is 1. The molecule has 0 amide bonds. The number of nitrogens with zero attached hydrogens (tertiary/aromatic N) is 1. The van der Waals surface area contributed by atoms with E-state index in [1.165, 1.54) is 12.1 Å². The largest absolute Gasteiger partial charge is 0.473 e. The standard InChI is InChI=1S/C15H16BrFN2O/c1-10(2)20-15-14(4-3-5-18-15)19-9-11-6-12(16)8-13(17)7-11/h3-8,10,19H,9H2,1-2H3. The fourth-order valence-corrected chi connectivity index (χ4v) is 2.27. The van der Waals surface area contributed by atoms with Crippen LogP contribution in [-0.4, -0.2) is 11.1 Å². The maximum absolute atomic E-state index is 13.3. The van der Waals surface area contributed by atoms with Gasteiger partial charge in [-0.2, -0.15) is 0 Å². The lowest BCUT2D eigenvalue weighted by Crippen LogP contribution is -2.10. The Morgan fingerprint density at radius 2 is 2.15 bits per heavy atom. The summed E-state index contributed by atoms with van der Waals surface area (Å²) >= 11 is 3.28. The Hall–Kier alpha value is -1.62. The number of rotatable bonds is 5. The number of aromatic nitrogens is 1. The van der Waals surface area contributed by atoms with E-state index in [0.717, 1.165) is 15.7 Å². The van der Waals surface area contributed by atoms with Crippen molar-refractivity contribution >= 4 is 21.6 Å². The first-order valence-electron chi connectivity index (χ1n) is 6.35. The number of hydrogen-bond acceptors (Lipinski definition) is 3. The molecule has 1 heterocycles. The zero-order valence-corrected chi connectivity index (χ0v) is 12.9. The van der Waals surface area contributed by atoms with Gasteiger partial charge in [-0.15, -0.1) is 0 Å². The van der Waals surface area contributed by atoms with Gasteiger partial charge in [0.05, 0.1) is 11.8 Å². The molecule has 0 atom stereocenters. The normalized spacial score (nSPS) is 10.7. The van der Waals surface area contributed by atoms with E-state index in [4.69, 9.17) is 4.74 Å². The van der Waals surface area contributed by atoms with Gasteiger partial charge in [-0.05, 0) is 49.7 Å². The van der Waals surface area contributed by atoms with Gasteiger partial charge in [-0.3, -0.25) is 0 Å². The van der Waals surface area contributed by atoms with Gasteiger partial charge in [0.1, 0.15) is 5.82 Å². The van der Waals surface area contributed by atoms with Crippen molar-refractivity contribution < 1.29 is 9.13 Å². The summed E-state index contributed by atoms with van der Waals surface area (Å²) in [7, 11) is 0. The second kappa shape index (κ2) is 6.70. The first-order valence-corrected chi connectivity index (χ1v) is 7.14. The summed E-state index contributed by atoms with van der Waals surface area (Å²) in [6, 6.07) is 8.52. The molecule has 0 aliphatic carbocycles. The molecule has 2 aromatic rings. The molecule has 1 aromatic carbocycles. The van der Waals surface area contributed by atoms with Gasteiger partial charge >= 0.3 is 0 Å². The summed E-state index contributed by atoms with van der Waals surface area (Å²) < 4.78 is 19.7. The zero-order valence-electron chi connectivity index (χ0n) is 11.4. The van der Waals surface area contributed by atoms with Crippen LogP contribution in [0.4, 0.5) is 10.1 Å². The van der Waals surface area contributed by atoms with Crippen molar-refractivity contribution in [2.75, 3.05) is 5.32 Å². The van der Waals surface area contributed by atoms with Crippen LogP contribution in [0.1, 0.15) is 19.4 Å². The highest BCUT2D eigenvalue weighted by Crippen LogP contribution is 2.23. The molecule has 0 saturated carbocycles. The Bertz CT molecular complexity index is 570. The Kier molecular flexibility index (Phi) is 4.95. The Labute approximate surface area is 126 Å². The molecule has 0 radical (unpaired) electrons. The Balaban J connectivity index is 2.10. The number of hydrogen-bond donors (Lipinski definition) is 1. The highest BCUT2D eigenvalue weighted by Gasteiger charge is 2.07. The molecule has 3 nitrogen and oxygen atoms in total. The number of benzene rings is 1. The summed E-state index contributed by atoms with van der Waals surface area (Å²) in [5, 5.41) is 3.21. The lowest BCUT2D eigenvalue weighted by atomic mass is 10.2. The lowest BCUT2D eigenvalue weighted by molar-refractivity contribution is 0.234.